The molecule has 118 valence electrons. The van der Waals surface area contributed by atoms with Crippen LogP contribution < -0.4 is 5.56 Å². The van der Waals surface area contributed by atoms with E-state index in [9.17, 15) is 9.18 Å². The molecule has 4 aromatic rings. The number of aromatic nitrogens is 4. The fourth-order valence-electron chi connectivity index (χ4n) is 3.22. The predicted molar refractivity (Wildman–Crippen MR) is 88.4 cm³/mol. The Morgan fingerprint density at radius 3 is 2.71 bits per heavy atom. The average Bonchev–Trinajstić information content (AvgIpc) is 3.30. The molecule has 0 atom stereocenters. The fourth-order valence-corrected chi connectivity index (χ4v) is 3.22. The number of rotatable bonds is 2. The summed E-state index contributed by atoms with van der Waals surface area (Å²) in [5.41, 5.74) is 2.52. The van der Waals surface area contributed by atoms with Gasteiger partial charge in [-0.05, 0) is 31.0 Å². The van der Waals surface area contributed by atoms with Crippen molar-refractivity contribution in [2.24, 2.45) is 0 Å². The van der Waals surface area contributed by atoms with Gasteiger partial charge >= 0.3 is 0 Å². The van der Waals surface area contributed by atoms with E-state index in [0.29, 0.717) is 22.4 Å². The third kappa shape index (κ3) is 1.83. The van der Waals surface area contributed by atoms with E-state index in [1.54, 1.807) is 45.8 Å². The van der Waals surface area contributed by atoms with Crippen LogP contribution in [0.2, 0.25) is 0 Å². The van der Waals surface area contributed by atoms with Crippen molar-refractivity contribution in [3.63, 3.8) is 0 Å². The summed E-state index contributed by atoms with van der Waals surface area (Å²) in [6, 6.07) is 8.73. The van der Waals surface area contributed by atoms with E-state index >= 15 is 0 Å². The second-order valence-corrected chi connectivity index (χ2v) is 6.06. The monoisotopic (exact) mass is 320 g/mol. The van der Waals surface area contributed by atoms with E-state index in [2.05, 4.69) is 9.97 Å². The third-order valence-electron chi connectivity index (χ3n) is 4.49. The van der Waals surface area contributed by atoms with Gasteiger partial charge in [-0.15, -0.1) is 0 Å². The lowest BCUT2D eigenvalue weighted by Gasteiger charge is -2.13. The number of halogens is 1. The first-order chi connectivity index (χ1) is 11.7. The Hall–Kier alpha value is -3.02. The number of benzene rings is 1. The Morgan fingerprint density at radius 2 is 1.96 bits per heavy atom. The first-order valence-electron chi connectivity index (χ1n) is 7.86. The van der Waals surface area contributed by atoms with Gasteiger partial charge in [0.2, 0.25) is 5.65 Å². The SMILES string of the molecule is O=c1c2nccn2c2cc(F)c(-c3ccccn3)cc2n1C1CC1. The van der Waals surface area contributed by atoms with E-state index in [4.69, 9.17) is 0 Å². The quantitative estimate of drug-likeness (QED) is 0.570. The Bertz CT molecular complexity index is 1140. The van der Waals surface area contributed by atoms with Crippen molar-refractivity contribution in [3.8, 4) is 11.3 Å². The predicted octanol–water partition coefficient (Wildman–Crippen LogP) is 3.19. The number of pyridine rings is 1. The number of fused-ring (bicyclic) bond motifs is 3. The minimum atomic E-state index is -0.364. The van der Waals surface area contributed by atoms with Gasteiger partial charge < -0.3 is 4.57 Å². The van der Waals surface area contributed by atoms with E-state index in [1.165, 1.54) is 6.07 Å². The van der Waals surface area contributed by atoms with Crippen molar-refractivity contribution in [2.75, 3.05) is 0 Å². The zero-order valence-corrected chi connectivity index (χ0v) is 12.7. The molecule has 3 aromatic heterocycles. The first-order valence-corrected chi connectivity index (χ1v) is 7.86. The van der Waals surface area contributed by atoms with Gasteiger partial charge in [0.15, 0.2) is 0 Å². The molecular weight excluding hydrogens is 307 g/mol. The summed E-state index contributed by atoms with van der Waals surface area (Å²) in [5, 5.41) is 0. The Balaban J connectivity index is 1.94. The van der Waals surface area contributed by atoms with Gasteiger partial charge in [-0.1, -0.05) is 6.07 Å². The molecule has 1 saturated carbocycles. The van der Waals surface area contributed by atoms with Crippen LogP contribution in [-0.4, -0.2) is 18.9 Å². The van der Waals surface area contributed by atoms with Gasteiger partial charge in [0.05, 0.1) is 16.7 Å². The minimum absolute atomic E-state index is 0.131. The van der Waals surface area contributed by atoms with Gasteiger partial charge in [0, 0.05) is 36.3 Å². The van der Waals surface area contributed by atoms with Gasteiger partial charge in [-0.25, -0.2) is 9.37 Å². The van der Waals surface area contributed by atoms with Gasteiger partial charge in [-0.2, -0.15) is 0 Å². The molecule has 5 rings (SSSR count). The maximum absolute atomic E-state index is 14.7. The summed E-state index contributed by atoms with van der Waals surface area (Å²) in [6.07, 6.45) is 6.81. The largest absolute Gasteiger partial charge is 0.301 e. The van der Waals surface area contributed by atoms with E-state index in [1.807, 2.05) is 6.07 Å². The maximum atomic E-state index is 14.7. The second kappa shape index (κ2) is 4.74. The molecule has 0 aliphatic heterocycles. The smallest absolute Gasteiger partial charge is 0.294 e. The van der Waals surface area contributed by atoms with Crippen LogP contribution in [0.5, 0.6) is 0 Å². The second-order valence-electron chi connectivity index (χ2n) is 6.06. The topological polar surface area (TPSA) is 52.2 Å². The molecule has 0 saturated heterocycles. The fraction of sp³-hybridized carbons (Fsp3) is 0.167. The van der Waals surface area contributed by atoms with Gasteiger partial charge in [-0.3, -0.25) is 14.2 Å². The number of hydrogen-bond donors (Lipinski definition) is 0. The lowest BCUT2D eigenvalue weighted by atomic mass is 10.1. The summed E-state index contributed by atoms with van der Waals surface area (Å²) in [4.78, 5) is 21.2. The van der Waals surface area contributed by atoms with Crippen LogP contribution in [0.3, 0.4) is 0 Å². The number of imidazole rings is 1. The highest BCUT2D eigenvalue weighted by molar-refractivity contribution is 5.84. The van der Waals surface area contributed by atoms with E-state index in [-0.39, 0.29) is 17.4 Å². The zero-order valence-electron chi connectivity index (χ0n) is 12.7. The highest BCUT2D eigenvalue weighted by atomic mass is 19.1. The van der Waals surface area contributed by atoms with Crippen molar-refractivity contribution < 1.29 is 4.39 Å². The van der Waals surface area contributed by atoms with Crippen molar-refractivity contribution in [1.29, 1.82) is 0 Å². The van der Waals surface area contributed by atoms with Crippen molar-refractivity contribution in [1.82, 2.24) is 18.9 Å². The summed E-state index contributed by atoms with van der Waals surface area (Å²) in [5.74, 6) is -0.364. The molecule has 0 bridgehead atoms. The summed E-state index contributed by atoms with van der Waals surface area (Å²) >= 11 is 0. The molecule has 1 aliphatic rings. The zero-order chi connectivity index (χ0) is 16.3. The first kappa shape index (κ1) is 13.4. The van der Waals surface area contributed by atoms with Crippen molar-refractivity contribution in [2.45, 2.75) is 18.9 Å². The maximum Gasteiger partial charge on any atom is 0.294 e. The summed E-state index contributed by atoms with van der Waals surface area (Å²) < 4.78 is 18.1. The Morgan fingerprint density at radius 1 is 1.08 bits per heavy atom. The van der Waals surface area contributed by atoms with Crippen LogP contribution in [0.15, 0.2) is 53.7 Å². The van der Waals surface area contributed by atoms with Crippen LogP contribution in [0.1, 0.15) is 18.9 Å². The van der Waals surface area contributed by atoms with Gasteiger partial charge in [0.25, 0.3) is 5.56 Å². The number of hydrogen-bond acceptors (Lipinski definition) is 3. The summed E-state index contributed by atoms with van der Waals surface area (Å²) in [7, 11) is 0. The van der Waals surface area contributed by atoms with Crippen LogP contribution in [0.25, 0.3) is 27.9 Å². The van der Waals surface area contributed by atoms with Crippen LogP contribution in [0, 0.1) is 5.82 Å². The van der Waals surface area contributed by atoms with Gasteiger partial charge in [0.1, 0.15) is 5.82 Å². The Kier molecular flexibility index (Phi) is 2.65. The molecule has 3 heterocycles. The summed E-state index contributed by atoms with van der Waals surface area (Å²) in [6.45, 7) is 0. The van der Waals surface area contributed by atoms with Crippen LogP contribution in [-0.2, 0) is 0 Å². The third-order valence-corrected chi connectivity index (χ3v) is 4.49. The minimum Gasteiger partial charge on any atom is -0.301 e. The van der Waals surface area contributed by atoms with E-state index in [0.717, 1.165) is 18.4 Å². The lowest BCUT2D eigenvalue weighted by molar-refractivity contribution is 0.631. The molecule has 1 aliphatic carbocycles. The van der Waals surface area contributed by atoms with Crippen molar-refractivity contribution >= 4 is 16.7 Å². The van der Waals surface area contributed by atoms with Crippen LogP contribution >= 0.6 is 0 Å². The molecule has 0 amide bonds. The molecule has 6 heteroatoms. The average molecular weight is 320 g/mol. The molecular formula is C18H13FN4O. The lowest BCUT2D eigenvalue weighted by Crippen LogP contribution is -2.22. The molecule has 24 heavy (non-hydrogen) atoms. The molecule has 0 radical (unpaired) electrons. The standard InChI is InChI=1S/C18H13FN4O/c19-13-10-15-16(9-12(13)14-3-1-2-6-20-14)23(11-4-5-11)18(24)17-21-7-8-22(15)17/h1-3,6-11H,4-5H2. The Labute approximate surface area is 136 Å². The van der Waals surface area contributed by atoms with E-state index < -0.39 is 0 Å². The highest BCUT2D eigenvalue weighted by Crippen LogP contribution is 2.37. The molecule has 5 nitrogen and oxygen atoms in total. The normalized spacial score (nSPS) is 14.5. The van der Waals surface area contributed by atoms with Crippen molar-refractivity contribution in [3.05, 3.63) is 65.1 Å². The molecule has 1 aromatic carbocycles. The number of nitrogens with zero attached hydrogens (tertiary/aromatic N) is 4. The highest BCUT2D eigenvalue weighted by Gasteiger charge is 2.28. The molecule has 0 N–H and O–H groups in total. The molecule has 0 unspecified atom stereocenters. The van der Waals surface area contributed by atoms with Crippen LogP contribution in [0.4, 0.5) is 4.39 Å². The molecule has 1 fully saturated rings. The molecule has 0 spiro atoms.